The molecule has 25 heavy (non-hydrogen) atoms. The van der Waals surface area contributed by atoms with Gasteiger partial charge in [-0.2, -0.15) is 5.10 Å². The van der Waals surface area contributed by atoms with Crippen molar-refractivity contribution in [1.82, 2.24) is 14.8 Å². The van der Waals surface area contributed by atoms with E-state index in [-0.39, 0.29) is 5.91 Å². The Morgan fingerprint density at radius 2 is 2.00 bits per heavy atom. The number of aryl methyl sites for hydroxylation is 3. The first-order valence-corrected chi connectivity index (χ1v) is 8.09. The van der Waals surface area contributed by atoms with Gasteiger partial charge in [-0.15, -0.1) is 0 Å². The molecule has 0 unspecified atom stereocenters. The molecule has 6 nitrogen and oxygen atoms in total. The molecule has 0 saturated heterocycles. The number of carbonyl (C=O) groups is 1. The molecular formula is C19H20N4O2. The maximum absolute atomic E-state index is 12.3. The lowest BCUT2D eigenvalue weighted by molar-refractivity contribution is -0.116. The third kappa shape index (κ3) is 4.23. The number of nitrogens with one attached hydrogen (secondary N) is 1. The summed E-state index contributed by atoms with van der Waals surface area (Å²) < 4.78 is 7.45. The van der Waals surface area contributed by atoms with E-state index in [2.05, 4.69) is 15.4 Å². The van der Waals surface area contributed by atoms with Gasteiger partial charge in [-0.1, -0.05) is 30.3 Å². The zero-order valence-corrected chi connectivity index (χ0v) is 14.3. The summed E-state index contributed by atoms with van der Waals surface area (Å²) in [5, 5.41) is 7.26. The van der Waals surface area contributed by atoms with Crippen LogP contribution in [0.5, 0.6) is 11.6 Å². The highest BCUT2D eigenvalue weighted by atomic mass is 16.5. The van der Waals surface area contributed by atoms with Crippen LogP contribution in [0.4, 0.5) is 5.69 Å². The lowest BCUT2D eigenvalue weighted by atomic mass is 10.1. The van der Waals surface area contributed by atoms with Gasteiger partial charge in [0.15, 0.2) is 0 Å². The number of amides is 1. The molecule has 0 fully saturated rings. The van der Waals surface area contributed by atoms with Gasteiger partial charge >= 0.3 is 0 Å². The zero-order valence-electron chi connectivity index (χ0n) is 14.3. The second kappa shape index (κ2) is 7.61. The average Bonchev–Trinajstić information content (AvgIpc) is 2.89. The standard InChI is InChI=1S/C19H20N4O2/c1-14-18(21-17(24)11-10-15-7-4-3-5-8-15)19(23(2)22-14)25-16-9-6-12-20-13-16/h3-9,12-13H,10-11H2,1-2H3,(H,21,24). The Hall–Kier alpha value is -3.15. The van der Waals surface area contributed by atoms with Crippen LogP contribution in [-0.2, 0) is 18.3 Å². The fourth-order valence-corrected chi connectivity index (χ4v) is 2.52. The molecule has 2 aromatic heterocycles. The van der Waals surface area contributed by atoms with E-state index < -0.39 is 0 Å². The van der Waals surface area contributed by atoms with Crippen LogP contribution in [0.3, 0.4) is 0 Å². The molecule has 1 N–H and O–H groups in total. The summed E-state index contributed by atoms with van der Waals surface area (Å²) in [5.74, 6) is 1.000. The van der Waals surface area contributed by atoms with Crippen molar-refractivity contribution in [3.05, 3.63) is 66.1 Å². The molecule has 0 aliphatic rings. The molecule has 128 valence electrons. The van der Waals surface area contributed by atoms with Crippen LogP contribution in [-0.4, -0.2) is 20.7 Å². The normalized spacial score (nSPS) is 10.5. The van der Waals surface area contributed by atoms with Gasteiger partial charge in [-0.25, -0.2) is 4.68 Å². The number of benzene rings is 1. The molecule has 0 bridgehead atoms. The van der Waals surface area contributed by atoms with Gasteiger partial charge in [-0.3, -0.25) is 9.78 Å². The average molecular weight is 336 g/mol. The van der Waals surface area contributed by atoms with Crippen molar-refractivity contribution >= 4 is 11.6 Å². The van der Waals surface area contributed by atoms with Gasteiger partial charge in [0.2, 0.25) is 11.8 Å². The van der Waals surface area contributed by atoms with Crippen molar-refractivity contribution < 1.29 is 9.53 Å². The first kappa shape index (κ1) is 16.7. The van der Waals surface area contributed by atoms with Crippen molar-refractivity contribution in [1.29, 1.82) is 0 Å². The van der Waals surface area contributed by atoms with E-state index >= 15 is 0 Å². The van der Waals surface area contributed by atoms with E-state index in [4.69, 9.17) is 4.74 Å². The molecule has 1 aromatic carbocycles. The number of aromatic nitrogens is 3. The number of ether oxygens (including phenoxy) is 1. The summed E-state index contributed by atoms with van der Waals surface area (Å²) >= 11 is 0. The quantitative estimate of drug-likeness (QED) is 0.748. The first-order chi connectivity index (χ1) is 12.1. The fourth-order valence-electron chi connectivity index (χ4n) is 2.52. The molecule has 6 heteroatoms. The zero-order chi connectivity index (χ0) is 17.6. The minimum atomic E-state index is -0.0732. The number of rotatable bonds is 6. The van der Waals surface area contributed by atoms with Crippen molar-refractivity contribution in [3.63, 3.8) is 0 Å². The lowest BCUT2D eigenvalue weighted by Crippen LogP contribution is -2.13. The summed E-state index contributed by atoms with van der Waals surface area (Å²) in [6.07, 6.45) is 4.37. The van der Waals surface area contributed by atoms with E-state index in [0.717, 1.165) is 5.56 Å². The number of hydrogen-bond donors (Lipinski definition) is 1. The summed E-state index contributed by atoms with van der Waals surface area (Å²) in [6, 6.07) is 13.5. The Labute approximate surface area is 146 Å². The summed E-state index contributed by atoms with van der Waals surface area (Å²) in [4.78, 5) is 16.4. The Morgan fingerprint density at radius 3 is 2.72 bits per heavy atom. The Kier molecular flexibility index (Phi) is 5.09. The number of anilines is 1. The van der Waals surface area contributed by atoms with Crippen LogP contribution >= 0.6 is 0 Å². The van der Waals surface area contributed by atoms with Gasteiger partial charge in [0.05, 0.1) is 11.9 Å². The minimum Gasteiger partial charge on any atom is -0.436 e. The summed E-state index contributed by atoms with van der Waals surface area (Å²) in [6.45, 7) is 1.84. The van der Waals surface area contributed by atoms with E-state index in [1.807, 2.05) is 37.3 Å². The van der Waals surface area contributed by atoms with Crippen molar-refractivity contribution in [3.8, 4) is 11.6 Å². The summed E-state index contributed by atoms with van der Waals surface area (Å²) in [7, 11) is 1.78. The molecule has 2 heterocycles. The van der Waals surface area contributed by atoms with Gasteiger partial charge < -0.3 is 10.1 Å². The van der Waals surface area contributed by atoms with Crippen LogP contribution in [0.15, 0.2) is 54.9 Å². The van der Waals surface area contributed by atoms with Crippen LogP contribution in [0, 0.1) is 6.92 Å². The number of pyridine rings is 1. The predicted octanol–water partition coefficient (Wildman–Crippen LogP) is 3.49. The fraction of sp³-hybridized carbons (Fsp3) is 0.211. The topological polar surface area (TPSA) is 69.0 Å². The van der Waals surface area contributed by atoms with E-state index in [1.165, 1.54) is 0 Å². The second-order valence-electron chi connectivity index (χ2n) is 5.71. The summed E-state index contributed by atoms with van der Waals surface area (Å²) in [5.41, 5.74) is 2.42. The van der Waals surface area contributed by atoms with Crippen molar-refractivity contribution in [2.75, 3.05) is 5.32 Å². The molecule has 0 saturated carbocycles. The van der Waals surface area contributed by atoms with Crippen LogP contribution < -0.4 is 10.1 Å². The van der Waals surface area contributed by atoms with Crippen LogP contribution in [0.1, 0.15) is 17.7 Å². The van der Waals surface area contributed by atoms with Gasteiger partial charge in [-0.05, 0) is 31.0 Å². The predicted molar refractivity (Wildman–Crippen MR) is 95.6 cm³/mol. The van der Waals surface area contributed by atoms with Gasteiger partial charge in [0, 0.05) is 19.7 Å². The largest absolute Gasteiger partial charge is 0.436 e. The van der Waals surface area contributed by atoms with E-state index in [1.54, 1.807) is 36.3 Å². The monoisotopic (exact) mass is 336 g/mol. The van der Waals surface area contributed by atoms with Gasteiger partial charge in [0.25, 0.3) is 0 Å². The van der Waals surface area contributed by atoms with Crippen molar-refractivity contribution in [2.24, 2.45) is 7.05 Å². The van der Waals surface area contributed by atoms with E-state index in [0.29, 0.717) is 35.9 Å². The molecular weight excluding hydrogens is 316 g/mol. The van der Waals surface area contributed by atoms with Gasteiger partial charge in [0.1, 0.15) is 11.4 Å². The second-order valence-corrected chi connectivity index (χ2v) is 5.71. The minimum absolute atomic E-state index is 0.0732. The third-order valence-corrected chi connectivity index (χ3v) is 3.77. The highest BCUT2D eigenvalue weighted by Gasteiger charge is 2.18. The Balaban J connectivity index is 1.70. The Morgan fingerprint density at radius 1 is 1.20 bits per heavy atom. The molecule has 0 aliphatic heterocycles. The third-order valence-electron chi connectivity index (χ3n) is 3.77. The molecule has 3 aromatic rings. The lowest BCUT2D eigenvalue weighted by Gasteiger charge is -2.10. The SMILES string of the molecule is Cc1nn(C)c(Oc2cccnc2)c1NC(=O)CCc1ccccc1. The molecule has 0 radical (unpaired) electrons. The highest BCUT2D eigenvalue weighted by Crippen LogP contribution is 2.31. The molecule has 1 amide bonds. The molecule has 0 atom stereocenters. The maximum atomic E-state index is 12.3. The number of hydrogen-bond acceptors (Lipinski definition) is 4. The Bertz CT molecular complexity index is 845. The molecule has 0 aliphatic carbocycles. The van der Waals surface area contributed by atoms with Crippen LogP contribution in [0.25, 0.3) is 0 Å². The maximum Gasteiger partial charge on any atom is 0.241 e. The first-order valence-electron chi connectivity index (χ1n) is 8.09. The van der Waals surface area contributed by atoms with Crippen LogP contribution in [0.2, 0.25) is 0 Å². The number of nitrogens with zero attached hydrogens (tertiary/aromatic N) is 3. The van der Waals surface area contributed by atoms with E-state index in [9.17, 15) is 4.79 Å². The van der Waals surface area contributed by atoms with Crippen molar-refractivity contribution in [2.45, 2.75) is 19.8 Å². The highest BCUT2D eigenvalue weighted by molar-refractivity contribution is 5.92. The molecule has 0 spiro atoms. The number of carbonyl (C=O) groups excluding carboxylic acids is 1. The smallest absolute Gasteiger partial charge is 0.241 e. The molecule has 3 rings (SSSR count).